The monoisotopic (exact) mass is 580 g/mol. The molecule has 0 radical (unpaired) electrons. The van der Waals surface area contributed by atoms with Gasteiger partial charge in [0.2, 0.25) is 0 Å². The zero-order valence-electron chi connectivity index (χ0n) is 23.7. The summed E-state index contributed by atoms with van der Waals surface area (Å²) in [5, 5.41) is 0. The van der Waals surface area contributed by atoms with Crippen LogP contribution in [-0.2, 0) is 0 Å². The van der Waals surface area contributed by atoms with Crippen molar-refractivity contribution in [3.63, 3.8) is 0 Å². The molecule has 0 atom stereocenters. The standard InChI is InChI=1S/C36H24N2O6/c1-21-6-12-25(13-7-21)43-27-4-3-5-28(20-27)44-26-14-10-24(11-15-26)38-35(41)30-17-9-23(19-32(30)36(38)42)22-8-16-29-31(18-22)34(40)37(2)33(29)39/h3-20H,1-2H3. The summed E-state index contributed by atoms with van der Waals surface area (Å²) in [6.07, 6.45) is 0. The van der Waals surface area contributed by atoms with Crippen molar-refractivity contribution in [3.8, 4) is 34.1 Å². The van der Waals surface area contributed by atoms with Crippen molar-refractivity contribution in [2.24, 2.45) is 0 Å². The number of rotatable bonds is 6. The minimum absolute atomic E-state index is 0.262. The molecule has 0 aliphatic carbocycles. The van der Waals surface area contributed by atoms with E-state index in [1.807, 2.05) is 49.4 Å². The first kappa shape index (κ1) is 26.9. The van der Waals surface area contributed by atoms with Crippen LogP contribution in [0.5, 0.6) is 23.0 Å². The summed E-state index contributed by atoms with van der Waals surface area (Å²) in [6, 6.07) is 31.7. The quantitative estimate of drug-likeness (QED) is 0.196. The largest absolute Gasteiger partial charge is 0.457 e. The van der Waals surface area contributed by atoms with Crippen LogP contribution in [0.4, 0.5) is 5.69 Å². The van der Waals surface area contributed by atoms with Gasteiger partial charge >= 0.3 is 0 Å². The summed E-state index contributed by atoms with van der Waals surface area (Å²) in [6.45, 7) is 2.01. The Hall–Kier alpha value is -6.02. The van der Waals surface area contributed by atoms with E-state index in [2.05, 4.69) is 0 Å². The third-order valence-corrected chi connectivity index (χ3v) is 7.70. The third kappa shape index (κ3) is 4.59. The topological polar surface area (TPSA) is 93.2 Å². The fourth-order valence-corrected chi connectivity index (χ4v) is 5.34. The smallest absolute Gasteiger partial charge is 0.266 e. The molecule has 214 valence electrons. The number of nitrogens with zero attached hydrogens (tertiary/aromatic N) is 2. The van der Waals surface area contributed by atoms with Crippen molar-refractivity contribution in [3.05, 3.63) is 137 Å². The van der Waals surface area contributed by atoms with Gasteiger partial charge in [0.15, 0.2) is 0 Å². The minimum Gasteiger partial charge on any atom is -0.457 e. The maximum atomic E-state index is 13.5. The Kier molecular flexibility index (Phi) is 6.32. The van der Waals surface area contributed by atoms with E-state index in [4.69, 9.17) is 9.47 Å². The molecule has 0 aromatic heterocycles. The first-order chi connectivity index (χ1) is 21.3. The average molecular weight is 581 g/mol. The number of carbonyl (C=O) groups excluding carboxylic acids is 4. The third-order valence-electron chi connectivity index (χ3n) is 7.70. The normalized spacial score (nSPS) is 13.8. The number of carbonyl (C=O) groups is 4. The molecule has 0 saturated carbocycles. The van der Waals surface area contributed by atoms with Gasteiger partial charge in [0.1, 0.15) is 23.0 Å². The molecule has 44 heavy (non-hydrogen) atoms. The molecule has 5 aromatic carbocycles. The van der Waals surface area contributed by atoms with E-state index < -0.39 is 11.8 Å². The minimum atomic E-state index is -0.450. The van der Waals surface area contributed by atoms with Crippen molar-refractivity contribution in [2.45, 2.75) is 6.92 Å². The van der Waals surface area contributed by atoms with E-state index in [1.54, 1.807) is 66.7 Å². The van der Waals surface area contributed by atoms with Gasteiger partial charge in [-0.2, -0.15) is 0 Å². The highest BCUT2D eigenvalue weighted by Crippen LogP contribution is 2.35. The zero-order chi connectivity index (χ0) is 30.5. The number of benzene rings is 5. The molecule has 8 nitrogen and oxygen atoms in total. The predicted octanol–water partition coefficient (Wildman–Crippen LogP) is 7.27. The number of hydrogen-bond donors (Lipinski definition) is 0. The molecule has 4 amide bonds. The van der Waals surface area contributed by atoms with Crippen molar-refractivity contribution >= 4 is 29.3 Å². The molecular formula is C36H24N2O6. The fourth-order valence-electron chi connectivity index (χ4n) is 5.34. The average Bonchev–Trinajstić information content (AvgIpc) is 3.42. The highest BCUT2D eigenvalue weighted by atomic mass is 16.5. The molecule has 0 spiro atoms. The summed E-state index contributed by atoms with van der Waals surface area (Å²) in [7, 11) is 1.44. The molecule has 2 heterocycles. The second kappa shape index (κ2) is 10.4. The van der Waals surface area contributed by atoms with E-state index in [1.165, 1.54) is 7.05 Å². The Morgan fingerprint density at radius 2 is 0.955 bits per heavy atom. The van der Waals surface area contributed by atoms with Crippen LogP contribution in [0.2, 0.25) is 0 Å². The predicted molar refractivity (Wildman–Crippen MR) is 164 cm³/mol. The molecule has 2 aliphatic rings. The Balaban J connectivity index is 1.08. The molecule has 0 bridgehead atoms. The van der Waals surface area contributed by atoms with Gasteiger partial charge in [0, 0.05) is 13.1 Å². The molecule has 5 aromatic rings. The maximum absolute atomic E-state index is 13.5. The van der Waals surface area contributed by atoms with Gasteiger partial charge in [0.25, 0.3) is 23.6 Å². The SMILES string of the molecule is Cc1ccc(Oc2cccc(Oc3ccc(N4C(=O)c5ccc(-c6ccc7c(c6)C(=O)N(C)C7=O)cc5C4=O)cc3)c2)cc1. The second-order valence-corrected chi connectivity index (χ2v) is 10.6. The molecule has 7 rings (SSSR count). The van der Waals surface area contributed by atoms with E-state index in [0.29, 0.717) is 45.2 Å². The highest BCUT2D eigenvalue weighted by molar-refractivity contribution is 6.34. The van der Waals surface area contributed by atoms with Crippen LogP contribution >= 0.6 is 0 Å². The lowest BCUT2D eigenvalue weighted by Crippen LogP contribution is -2.29. The molecule has 8 heteroatoms. The van der Waals surface area contributed by atoms with E-state index in [0.717, 1.165) is 21.1 Å². The number of ether oxygens (including phenoxy) is 2. The lowest BCUT2D eigenvalue weighted by molar-refractivity contribution is 0.0692. The maximum Gasteiger partial charge on any atom is 0.266 e. The van der Waals surface area contributed by atoms with Crippen LogP contribution in [0.25, 0.3) is 11.1 Å². The molecular weight excluding hydrogens is 556 g/mol. The Bertz CT molecular complexity index is 2010. The van der Waals surface area contributed by atoms with Crippen LogP contribution in [0.15, 0.2) is 109 Å². The van der Waals surface area contributed by atoms with Gasteiger partial charge in [-0.05, 0) is 90.8 Å². The van der Waals surface area contributed by atoms with Gasteiger partial charge in [-0.1, -0.05) is 35.9 Å². The Morgan fingerprint density at radius 3 is 1.55 bits per heavy atom. The van der Waals surface area contributed by atoms with Gasteiger partial charge in [0.05, 0.1) is 27.9 Å². The number of hydrogen-bond acceptors (Lipinski definition) is 6. The first-order valence-electron chi connectivity index (χ1n) is 13.9. The van der Waals surface area contributed by atoms with Crippen LogP contribution in [0.1, 0.15) is 47.0 Å². The number of imide groups is 2. The summed E-state index contributed by atoms with van der Waals surface area (Å²) >= 11 is 0. The lowest BCUT2D eigenvalue weighted by Gasteiger charge is -2.15. The first-order valence-corrected chi connectivity index (χ1v) is 13.9. The molecule has 0 saturated heterocycles. The highest BCUT2D eigenvalue weighted by Gasteiger charge is 2.37. The molecule has 0 fully saturated rings. The second-order valence-electron chi connectivity index (χ2n) is 10.6. The van der Waals surface area contributed by atoms with Crippen LogP contribution < -0.4 is 14.4 Å². The molecule has 0 N–H and O–H groups in total. The van der Waals surface area contributed by atoms with Gasteiger partial charge in [-0.15, -0.1) is 0 Å². The van der Waals surface area contributed by atoms with E-state index in [9.17, 15) is 19.2 Å². The zero-order valence-corrected chi connectivity index (χ0v) is 23.7. The Morgan fingerprint density at radius 1 is 0.477 bits per heavy atom. The molecule has 2 aliphatic heterocycles. The van der Waals surface area contributed by atoms with Crippen LogP contribution in [0.3, 0.4) is 0 Å². The summed E-state index contributed by atoms with van der Waals surface area (Å²) in [5.41, 5.74) is 4.08. The number of aryl methyl sites for hydroxylation is 1. The fraction of sp³-hybridized carbons (Fsp3) is 0.0556. The summed E-state index contributed by atoms with van der Waals surface area (Å²) < 4.78 is 11.9. The van der Waals surface area contributed by atoms with Crippen molar-refractivity contribution < 1.29 is 28.7 Å². The summed E-state index contributed by atoms with van der Waals surface area (Å²) in [5.74, 6) is 0.837. The van der Waals surface area contributed by atoms with Crippen LogP contribution in [0, 0.1) is 6.92 Å². The molecule has 0 unspecified atom stereocenters. The van der Waals surface area contributed by atoms with Crippen molar-refractivity contribution in [1.29, 1.82) is 0 Å². The van der Waals surface area contributed by atoms with Crippen LogP contribution in [-0.4, -0.2) is 35.6 Å². The number of amides is 4. The van der Waals surface area contributed by atoms with E-state index >= 15 is 0 Å². The van der Waals surface area contributed by atoms with Gasteiger partial charge in [-0.3, -0.25) is 24.1 Å². The number of fused-ring (bicyclic) bond motifs is 2. The van der Waals surface area contributed by atoms with Crippen molar-refractivity contribution in [1.82, 2.24) is 4.90 Å². The summed E-state index contributed by atoms with van der Waals surface area (Å²) in [4.78, 5) is 53.7. The Labute approximate surface area is 252 Å². The van der Waals surface area contributed by atoms with Gasteiger partial charge in [-0.25, -0.2) is 4.90 Å². The number of anilines is 1. The van der Waals surface area contributed by atoms with Crippen molar-refractivity contribution in [2.75, 3.05) is 11.9 Å². The van der Waals surface area contributed by atoms with E-state index in [-0.39, 0.29) is 22.9 Å². The lowest BCUT2D eigenvalue weighted by atomic mass is 9.97. The van der Waals surface area contributed by atoms with Gasteiger partial charge < -0.3 is 9.47 Å².